The van der Waals surface area contributed by atoms with Crippen molar-refractivity contribution < 1.29 is 47.8 Å². The van der Waals surface area contributed by atoms with Gasteiger partial charge in [-0.2, -0.15) is 0 Å². The minimum Gasteiger partial charge on any atom is -0.462 e. The smallest absolute Gasteiger partial charge is 0.462 e. The molecule has 3 N–H and O–H groups in total. The molecule has 0 rings (SSSR count). The van der Waals surface area contributed by atoms with Crippen LogP contribution in [0.2, 0.25) is 0 Å². The number of esters is 2. The molecule has 0 aromatic carbocycles. The molecule has 0 bridgehead atoms. The van der Waals surface area contributed by atoms with Gasteiger partial charge < -0.3 is 24.6 Å². The third kappa shape index (κ3) is 42.1. The van der Waals surface area contributed by atoms with Crippen LogP contribution >= 0.6 is 7.82 Å². The third-order valence-corrected chi connectivity index (χ3v) is 10.7. The number of aliphatic hydroxyl groups is 2. The molecule has 0 fully saturated rings. The standard InChI is InChI=1S/C47H85O10P/c1-3-5-7-9-11-13-15-17-19-20-21-22-23-24-25-27-29-31-33-35-37-39-47(51)57-45(43-56-58(52,53)55-41-44(49)40-48)42-54-46(50)38-36-34-32-30-28-26-18-16-14-12-10-8-6-4-2/h19-20,22-23,25,27,31,33,44-45,48-49H,3-18,21,24,26,28-30,32,34-43H2,1-2H3,(H,52,53)/b20-19+,23-22+,27-25+,33-31+/t44-,45+/m0/s1. The number of carbonyl (C=O) groups excluding carboxylic acids is 2. The van der Waals surface area contributed by atoms with E-state index < -0.39 is 51.8 Å². The van der Waals surface area contributed by atoms with E-state index in [4.69, 9.17) is 19.1 Å². The van der Waals surface area contributed by atoms with Gasteiger partial charge in [0.15, 0.2) is 6.10 Å². The predicted octanol–water partition coefficient (Wildman–Crippen LogP) is 12.5. The molecule has 0 aliphatic carbocycles. The highest BCUT2D eigenvalue weighted by molar-refractivity contribution is 7.47. The molecule has 0 spiro atoms. The average Bonchev–Trinajstić information content (AvgIpc) is 3.21. The molecule has 58 heavy (non-hydrogen) atoms. The summed E-state index contributed by atoms with van der Waals surface area (Å²) in [5.74, 6) is -0.986. The zero-order valence-electron chi connectivity index (χ0n) is 36.8. The second-order valence-corrected chi connectivity index (χ2v) is 16.9. The molecule has 0 saturated carbocycles. The van der Waals surface area contributed by atoms with Crippen LogP contribution in [0.5, 0.6) is 0 Å². The maximum absolute atomic E-state index is 12.6. The van der Waals surface area contributed by atoms with Gasteiger partial charge in [-0.15, -0.1) is 0 Å². The minimum atomic E-state index is -4.63. The minimum absolute atomic E-state index is 0.109. The van der Waals surface area contributed by atoms with E-state index in [2.05, 4.69) is 60.9 Å². The van der Waals surface area contributed by atoms with Crippen molar-refractivity contribution in [1.82, 2.24) is 0 Å². The lowest BCUT2D eigenvalue weighted by Crippen LogP contribution is -2.29. The summed E-state index contributed by atoms with van der Waals surface area (Å²) in [6.45, 7) is 2.33. The molecule has 1 unspecified atom stereocenters. The van der Waals surface area contributed by atoms with E-state index in [1.807, 2.05) is 6.08 Å². The van der Waals surface area contributed by atoms with E-state index in [0.29, 0.717) is 19.3 Å². The van der Waals surface area contributed by atoms with Gasteiger partial charge in [-0.25, -0.2) is 4.57 Å². The lowest BCUT2D eigenvalue weighted by atomic mass is 10.0. The quantitative estimate of drug-likeness (QED) is 0.0234. The SMILES string of the molecule is CCCCCCCCC/C=C/C/C=C/C/C=C/C/C=C/CCCC(=O)O[C@H](COC(=O)CCCCCCCCCCCCCCCC)COP(=O)(O)OC[C@@H](O)CO. The van der Waals surface area contributed by atoms with E-state index in [-0.39, 0.29) is 19.4 Å². The second-order valence-electron chi connectivity index (χ2n) is 15.4. The maximum Gasteiger partial charge on any atom is 0.472 e. The van der Waals surface area contributed by atoms with Crippen LogP contribution in [-0.4, -0.2) is 65.7 Å². The number of allylic oxidation sites excluding steroid dienone is 8. The van der Waals surface area contributed by atoms with Crippen molar-refractivity contribution in [2.75, 3.05) is 26.4 Å². The molecule has 0 aliphatic rings. The first kappa shape index (κ1) is 55.9. The molecule has 0 amide bonds. The summed E-state index contributed by atoms with van der Waals surface area (Å²) in [7, 11) is -4.63. The number of aliphatic hydroxyl groups excluding tert-OH is 2. The number of ether oxygens (including phenoxy) is 2. The van der Waals surface area contributed by atoms with Crippen LogP contribution in [0.15, 0.2) is 48.6 Å². The Labute approximate surface area is 353 Å². The van der Waals surface area contributed by atoms with Crippen molar-refractivity contribution >= 4 is 19.8 Å². The summed E-state index contributed by atoms with van der Waals surface area (Å²) < 4.78 is 32.7. The Balaban J connectivity index is 4.35. The van der Waals surface area contributed by atoms with Crippen LogP contribution in [-0.2, 0) is 32.7 Å². The van der Waals surface area contributed by atoms with Crippen molar-refractivity contribution in [2.45, 2.75) is 212 Å². The number of phosphoric acid groups is 1. The van der Waals surface area contributed by atoms with Crippen LogP contribution in [0, 0.1) is 0 Å². The summed E-state index contributed by atoms with van der Waals surface area (Å²) in [5.41, 5.74) is 0. The Morgan fingerprint density at radius 2 is 0.914 bits per heavy atom. The highest BCUT2D eigenvalue weighted by Crippen LogP contribution is 2.43. The normalized spacial score (nSPS) is 14.2. The molecule has 11 heteroatoms. The number of hydrogen-bond acceptors (Lipinski definition) is 9. The van der Waals surface area contributed by atoms with Gasteiger partial charge in [0.05, 0.1) is 19.8 Å². The Morgan fingerprint density at radius 1 is 0.517 bits per heavy atom. The Bertz CT molecular complexity index is 1110. The average molecular weight is 841 g/mol. The first-order chi connectivity index (χ1) is 28.2. The fourth-order valence-electron chi connectivity index (χ4n) is 6.16. The van der Waals surface area contributed by atoms with Crippen molar-refractivity contribution in [1.29, 1.82) is 0 Å². The van der Waals surface area contributed by atoms with Crippen molar-refractivity contribution in [3.8, 4) is 0 Å². The van der Waals surface area contributed by atoms with Gasteiger partial charge in [0, 0.05) is 12.8 Å². The lowest BCUT2D eigenvalue weighted by Gasteiger charge is -2.20. The van der Waals surface area contributed by atoms with Crippen LogP contribution in [0.3, 0.4) is 0 Å². The highest BCUT2D eigenvalue weighted by atomic mass is 31.2. The van der Waals surface area contributed by atoms with Gasteiger partial charge in [0.2, 0.25) is 0 Å². The number of phosphoric ester groups is 1. The third-order valence-electron chi connectivity index (χ3n) is 9.74. The second kappa shape index (κ2) is 43.0. The van der Waals surface area contributed by atoms with Gasteiger partial charge in [-0.3, -0.25) is 18.6 Å². The number of unbranched alkanes of at least 4 members (excludes halogenated alkanes) is 21. The molecule has 10 nitrogen and oxygen atoms in total. The van der Waals surface area contributed by atoms with Gasteiger partial charge in [-0.1, -0.05) is 184 Å². The van der Waals surface area contributed by atoms with Gasteiger partial charge in [-0.05, 0) is 51.4 Å². The van der Waals surface area contributed by atoms with E-state index in [1.54, 1.807) is 0 Å². The number of rotatable bonds is 43. The Morgan fingerprint density at radius 3 is 1.40 bits per heavy atom. The van der Waals surface area contributed by atoms with Crippen LogP contribution < -0.4 is 0 Å². The van der Waals surface area contributed by atoms with Gasteiger partial charge >= 0.3 is 19.8 Å². The molecule has 0 heterocycles. The van der Waals surface area contributed by atoms with Crippen LogP contribution in [0.1, 0.15) is 200 Å². The van der Waals surface area contributed by atoms with Crippen molar-refractivity contribution in [3.63, 3.8) is 0 Å². The Hall–Kier alpha value is -2.07. The molecule has 0 radical (unpaired) electrons. The molecule has 0 aliphatic heterocycles. The van der Waals surface area contributed by atoms with Crippen molar-refractivity contribution in [2.24, 2.45) is 0 Å². The first-order valence-corrected chi connectivity index (χ1v) is 24.6. The molecule has 338 valence electrons. The van der Waals surface area contributed by atoms with E-state index in [0.717, 1.165) is 38.5 Å². The summed E-state index contributed by atoms with van der Waals surface area (Å²) in [6.07, 6.45) is 46.6. The monoisotopic (exact) mass is 841 g/mol. The first-order valence-electron chi connectivity index (χ1n) is 23.1. The summed E-state index contributed by atoms with van der Waals surface area (Å²) in [6, 6.07) is 0. The molecular weight excluding hydrogens is 755 g/mol. The highest BCUT2D eigenvalue weighted by Gasteiger charge is 2.27. The predicted molar refractivity (Wildman–Crippen MR) is 237 cm³/mol. The molecule has 0 aromatic heterocycles. The van der Waals surface area contributed by atoms with Crippen LogP contribution in [0.4, 0.5) is 0 Å². The van der Waals surface area contributed by atoms with Crippen molar-refractivity contribution in [3.05, 3.63) is 48.6 Å². The lowest BCUT2D eigenvalue weighted by molar-refractivity contribution is -0.161. The fraction of sp³-hybridized carbons (Fsp3) is 0.787. The fourth-order valence-corrected chi connectivity index (χ4v) is 6.95. The summed E-state index contributed by atoms with van der Waals surface area (Å²) in [5, 5.41) is 18.3. The molecular formula is C47H85O10P. The van der Waals surface area contributed by atoms with E-state index in [9.17, 15) is 24.2 Å². The van der Waals surface area contributed by atoms with Gasteiger partial charge in [0.1, 0.15) is 12.7 Å². The van der Waals surface area contributed by atoms with Gasteiger partial charge in [0.25, 0.3) is 0 Å². The van der Waals surface area contributed by atoms with E-state index in [1.165, 1.54) is 116 Å². The number of carbonyl (C=O) groups is 2. The molecule has 0 saturated heterocycles. The number of hydrogen-bond donors (Lipinski definition) is 3. The maximum atomic E-state index is 12.6. The summed E-state index contributed by atoms with van der Waals surface area (Å²) >= 11 is 0. The van der Waals surface area contributed by atoms with Crippen LogP contribution in [0.25, 0.3) is 0 Å². The Kier molecular flexibility index (Phi) is 41.5. The summed E-state index contributed by atoms with van der Waals surface area (Å²) in [4.78, 5) is 35.0. The molecule has 0 aromatic rings. The van der Waals surface area contributed by atoms with E-state index >= 15 is 0 Å². The zero-order valence-corrected chi connectivity index (χ0v) is 37.6. The topological polar surface area (TPSA) is 149 Å². The largest absolute Gasteiger partial charge is 0.472 e. The molecule has 3 atom stereocenters. The zero-order chi connectivity index (χ0) is 42.6.